The van der Waals surface area contributed by atoms with Gasteiger partial charge in [0.25, 0.3) is 5.91 Å². The minimum absolute atomic E-state index is 0.0890. The Balaban J connectivity index is 1.39. The number of aliphatic hydroxyl groups is 1. The van der Waals surface area contributed by atoms with E-state index in [0.717, 1.165) is 29.8 Å². The van der Waals surface area contributed by atoms with Gasteiger partial charge in [-0.05, 0) is 42.3 Å². The predicted molar refractivity (Wildman–Crippen MR) is 124 cm³/mol. The highest BCUT2D eigenvalue weighted by Crippen LogP contribution is 2.29. The minimum Gasteiger partial charge on any atom is -0.374 e. The number of nitrogens with one attached hydrogen (secondary N) is 2. The highest BCUT2D eigenvalue weighted by molar-refractivity contribution is 5.92. The van der Waals surface area contributed by atoms with Gasteiger partial charge in [-0.25, -0.2) is 9.97 Å². The van der Waals surface area contributed by atoms with Crippen molar-refractivity contribution >= 4 is 23.9 Å². The summed E-state index contributed by atoms with van der Waals surface area (Å²) in [6.45, 7) is 0.505. The number of alkyl halides is 3. The number of allylic oxidation sites excluding steroid dienone is 2. The van der Waals surface area contributed by atoms with Crippen LogP contribution >= 0.6 is 0 Å². The van der Waals surface area contributed by atoms with Crippen molar-refractivity contribution in [2.75, 3.05) is 11.9 Å². The van der Waals surface area contributed by atoms with E-state index in [1.807, 2.05) is 41.0 Å². The van der Waals surface area contributed by atoms with E-state index in [1.54, 1.807) is 12.4 Å². The third-order valence-corrected chi connectivity index (χ3v) is 5.23. The van der Waals surface area contributed by atoms with Crippen molar-refractivity contribution in [2.45, 2.75) is 31.8 Å². The number of carbonyl (C=O) groups is 1. The van der Waals surface area contributed by atoms with Crippen LogP contribution < -0.4 is 10.6 Å². The Labute approximate surface area is 199 Å². The van der Waals surface area contributed by atoms with Crippen LogP contribution in [-0.2, 0) is 12.7 Å². The maximum atomic E-state index is 13.0. The number of carbonyl (C=O) groups excluding carboxylic acids is 1. The van der Waals surface area contributed by atoms with Crippen molar-refractivity contribution in [1.82, 2.24) is 24.8 Å². The Morgan fingerprint density at radius 1 is 1.17 bits per heavy atom. The standard InChI is InChI=1S/C24H23F3N6O2/c25-24(26,27)17-8-9-20(30-14-17)32-21(34)10-12-29-23(35)22-31-18-6-2-1-3-7-19(18)33(22)15-16-5-4-11-28-13-16/h2-9,11,13-14,21,34H,1,10,12,15H2,(H,29,35)(H,30,32). The molecule has 0 aromatic carbocycles. The Bertz CT molecular complexity index is 1220. The largest absolute Gasteiger partial charge is 0.417 e. The first kappa shape index (κ1) is 24.1. The molecule has 0 fully saturated rings. The van der Waals surface area contributed by atoms with Crippen LogP contribution in [0.4, 0.5) is 19.0 Å². The maximum Gasteiger partial charge on any atom is 0.417 e. The number of aliphatic hydroxyl groups excluding tert-OH is 1. The fourth-order valence-electron chi connectivity index (χ4n) is 3.52. The van der Waals surface area contributed by atoms with Crippen LogP contribution in [0.15, 0.2) is 55.0 Å². The quantitative estimate of drug-likeness (QED) is 0.421. The molecule has 1 amide bonds. The molecule has 1 aliphatic rings. The Morgan fingerprint density at radius 2 is 2.00 bits per heavy atom. The second kappa shape index (κ2) is 10.5. The normalized spacial score (nSPS) is 13.7. The number of aromatic nitrogens is 4. The molecule has 1 aliphatic carbocycles. The molecule has 0 radical (unpaired) electrons. The third-order valence-electron chi connectivity index (χ3n) is 5.23. The van der Waals surface area contributed by atoms with Crippen LogP contribution in [0.3, 0.4) is 0 Å². The molecule has 3 aromatic heterocycles. The minimum atomic E-state index is -4.49. The van der Waals surface area contributed by atoms with Crippen molar-refractivity contribution in [1.29, 1.82) is 0 Å². The molecule has 1 atom stereocenters. The summed E-state index contributed by atoms with van der Waals surface area (Å²) >= 11 is 0. The van der Waals surface area contributed by atoms with E-state index in [0.29, 0.717) is 18.4 Å². The van der Waals surface area contributed by atoms with Gasteiger partial charge in [-0.2, -0.15) is 13.2 Å². The molecule has 182 valence electrons. The molecule has 8 nitrogen and oxygen atoms in total. The van der Waals surface area contributed by atoms with Gasteiger partial charge in [-0.1, -0.05) is 18.2 Å². The Kier molecular flexibility index (Phi) is 7.25. The summed E-state index contributed by atoms with van der Waals surface area (Å²) in [5.41, 5.74) is 1.52. The number of imidazole rings is 1. The fourth-order valence-corrected chi connectivity index (χ4v) is 3.52. The van der Waals surface area contributed by atoms with Crippen LogP contribution in [0.1, 0.15) is 46.0 Å². The van der Waals surface area contributed by atoms with E-state index >= 15 is 0 Å². The molecule has 0 aliphatic heterocycles. The van der Waals surface area contributed by atoms with E-state index in [-0.39, 0.29) is 24.6 Å². The summed E-state index contributed by atoms with van der Waals surface area (Å²) in [5.74, 6) is -0.100. The number of hydrogen-bond acceptors (Lipinski definition) is 6. The van der Waals surface area contributed by atoms with Crippen molar-refractivity contribution < 1.29 is 23.1 Å². The lowest BCUT2D eigenvalue weighted by molar-refractivity contribution is -0.137. The second-order valence-electron chi connectivity index (χ2n) is 7.83. The van der Waals surface area contributed by atoms with Gasteiger partial charge in [-0.3, -0.25) is 9.78 Å². The predicted octanol–water partition coefficient (Wildman–Crippen LogP) is 3.72. The first-order chi connectivity index (χ1) is 16.8. The van der Waals surface area contributed by atoms with Gasteiger partial charge in [0.05, 0.1) is 23.5 Å². The van der Waals surface area contributed by atoms with Gasteiger partial charge in [0.15, 0.2) is 5.82 Å². The van der Waals surface area contributed by atoms with E-state index in [1.165, 1.54) is 0 Å². The summed E-state index contributed by atoms with van der Waals surface area (Å²) in [5, 5.41) is 15.5. The Morgan fingerprint density at radius 3 is 2.71 bits per heavy atom. The first-order valence-corrected chi connectivity index (χ1v) is 10.9. The highest BCUT2D eigenvalue weighted by Gasteiger charge is 2.30. The molecule has 0 saturated heterocycles. The average molecular weight is 484 g/mol. The van der Waals surface area contributed by atoms with E-state index in [4.69, 9.17) is 0 Å². The van der Waals surface area contributed by atoms with Gasteiger partial charge in [0.2, 0.25) is 0 Å². The molecular weight excluding hydrogens is 461 g/mol. The molecule has 0 bridgehead atoms. The van der Waals surface area contributed by atoms with Crippen molar-refractivity contribution in [2.24, 2.45) is 0 Å². The molecule has 0 spiro atoms. The second-order valence-corrected chi connectivity index (χ2v) is 7.83. The fraction of sp³-hybridized carbons (Fsp3) is 0.250. The number of halogens is 3. The number of rotatable bonds is 8. The van der Waals surface area contributed by atoms with Crippen LogP contribution in [0.25, 0.3) is 12.2 Å². The average Bonchev–Trinajstić information content (AvgIpc) is 3.00. The maximum absolute atomic E-state index is 13.0. The van der Waals surface area contributed by atoms with Crippen molar-refractivity contribution in [3.8, 4) is 0 Å². The first-order valence-electron chi connectivity index (χ1n) is 10.9. The Hall–Kier alpha value is -3.99. The molecule has 0 saturated carbocycles. The molecule has 3 N–H and O–H groups in total. The molecule has 35 heavy (non-hydrogen) atoms. The van der Waals surface area contributed by atoms with E-state index in [9.17, 15) is 23.1 Å². The number of amides is 1. The topological polar surface area (TPSA) is 105 Å². The van der Waals surface area contributed by atoms with E-state index in [2.05, 4.69) is 25.6 Å². The van der Waals surface area contributed by atoms with Gasteiger partial charge in [0, 0.05) is 31.6 Å². The lowest BCUT2D eigenvalue weighted by Gasteiger charge is -2.15. The monoisotopic (exact) mass is 484 g/mol. The SMILES string of the molecule is O=C(NCCC(O)Nc1ccc(C(F)(F)F)cn1)c1nc2c(n1Cc1cccnc1)C=CCC=C2. The van der Waals surface area contributed by atoms with Gasteiger partial charge in [0.1, 0.15) is 12.0 Å². The summed E-state index contributed by atoms with van der Waals surface area (Å²) in [6.07, 6.45) is 7.09. The van der Waals surface area contributed by atoms with E-state index < -0.39 is 23.9 Å². The number of pyridine rings is 2. The number of anilines is 1. The molecule has 11 heteroatoms. The molecule has 1 unspecified atom stereocenters. The van der Waals surface area contributed by atoms with Crippen LogP contribution in [-0.4, -0.2) is 43.3 Å². The zero-order valence-corrected chi connectivity index (χ0v) is 18.5. The molecule has 3 heterocycles. The summed E-state index contributed by atoms with van der Waals surface area (Å²) in [6, 6.07) is 5.74. The number of hydrogen-bond donors (Lipinski definition) is 3. The van der Waals surface area contributed by atoms with Gasteiger partial charge < -0.3 is 20.3 Å². The highest BCUT2D eigenvalue weighted by atomic mass is 19.4. The summed E-state index contributed by atoms with van der Waals surface area (Å²) < 4.78 is 39.7. The van der Waals surface area contributed by atoms with Crippen molar-refractivity contribution in [3.05, 3.63) is 83.3 Å². The zero-order valence-electron chi connectivity index (χ0n) is 18.5. The lowest BCUT2D eigenvalue weighted by atomic mass is 10.2. The summed E-state index contributed by atoms with van der Waals surface area (Å²) in [7, 11) is 0. The molecule has 3 aromatic rings. The number of fused-ring (bicyclic) bond motifs is 1. The zero-order chi connectivity index (χ0) is 24.8. The molecular formula is C24H23F3N6O2. The van der Waals surface area contributed by atoms with Gasteiger partial charge >= 0.3 is 6.18 Å². The number of nitrogens with zero attached hydrogens (tertiary/aromatic N) is 4. The molecule has 4 rings (SSSR count). The van der Waals surface area contributed by atoms with Crippen LogP contribution in [0.2, 0.25) is 0 Å². The smallest absolute Gasteiger partial charge is 0.374 e. The lowest BCUT2D eigenvalue weighted by Crippen LogP contribution is -2.32. The summed E-state index contributed by atoms with van der Waals surface area (Å²) in [4.78, 5) is 25.3. The third kappa shape index (κ3) is 6.12. The van der Waals surface area contributed by atoms with Crippen LogP contribution in [0, 0.1) is 0 Å². The van der Waals surface area contributed by atoms with Gasteiger partial charge in [-0.15, -0.1) is 0 Å². The van der Waals surface area contributed by atoms with Crippen molar-refractivity contribution in [3.63, 3.8) is 0 Å². The van der Waals surface area contributed by atoms with Crippen LogP contribution in [0.5, 0.6) is 0 Å².